The van der Waals surface area contributed by atoms with Crippen molar-refractivity contribution in [2.75, 3.05) is 6.54 Å². The average Bonchev–Trinajstić information content (AvgIpc) is 2.88. The molecule has 0 aromatic carbocycles. The standard InChI is InChI=1S/C14H19N3S/c1-3-5-17-14(7-12-9-16-10-18-12)13-4-6-15-8-11(13)2/h4,6,8-10,14,17H,3,5,7H2,1-2H3. The molecule has 0 saturated heterocycles. The molecule has 0 aliphatic carbocycles. The molecule has 3 nitrogen and oxygen atoms in total. The average molecular weight is 261 g/mol. The zero-order chi connectivity index (χ0) is 12.8. The van der Waals surface area contributed by atoms with Crippen molar-refractivity contribution in [1.29, 1.82) is 0 Å². The topological polar surface area (TPSA) is 37.8 Å². The Labute approximate surface area is 112 Å². The molecule has 2 aromatic heterocycles. The van der Waals surface area contributed by atoms with Gasteiger partial charge in [-0.1, -0.05) is 6.92 Å². The Hall–Kier alpha value is -1.26. The molecule has 0 radical (unpaired) electrons. The minimum atomic E-state index is 0.355. The van der Waals surface area contributed by atoms with E-state index in [1.807, 2.05) is 24.1 Å². The first-order valence-corrected chi connectivity index (χ1v) is 7.20. The Morgan fingerprint density at radius 3 is 2.89 bits per heavy atom. The molecule has 96 valence electrons. The molecule has 0 aliphatic rings. The van der Waals surface area contributed by atoms with Gasteiger partial charge >= 0.3 is 0 Å². The van der Waals surface area contributed by atoms with Gasteiger partial charge in [-0.15, -0.1) is 11.3 Å². The number of hydrogen-bond acceptors (Lipinski definition) is 4. The Bertz CT molecular complexity index is 468. The first-order chi connectivity index (χ1) is 8.81. The van der Waals surface area contributed by atoms with E-state index in [0.29, 0.717) is 6.04 Å². The smallest absolute Gasteiger partial charge is 0.0794 e. The number of nitrogens with one attached hydrogen (secondary N) is 1. The highest BCUT2D eigenvalue weighted by molar-refractivity contribution is 7.09. The van der Waals surface area contributed by atoms with E-state index in [1.165, 1.54) is 16.0 Å². The summed E-state index contributed by atoms with van der Waals surface area (Å²) in [5, 5.41) is 3.62. The van der Waals surface area contributed by atoms with Crippen LogP contribution in [-0.2, 0) is 6.42 Å². The fraction of sp³-hybridized carbons (Fsp3) is 0.429. The SMILES string of the molecule is CCCNC(Cc1cncs1)c1ccncc1C. The van der Waals surface area contributed by atoms with Crippen molar-refractivity contribution in [1.82, 2.24) is 15.3 Å². The zero-order valence-electron chi connectivity index (χ0n) is 10.9. The van der Waals surface area contributed by atoms with Crippen molar-refractivity contribution in [3.05, 3.63) is 46.2 Å². The van der Waals surface area contributed by atoms with E-state index < -0.39 is 0 Å². The van der Waals surface area contributed by atoms with Gasteiger partial charge in [-0.25, -0.2) is 0 Å². The van der Waals surface area contributed by atoms with Gasteiger partial charge in [0.2, 0.25) is 0 Å². The summed E-state index contributed by atoms with van der Waals surface area (Å²) in [5.41, 5.74) is 4.48. The van der Waals surface area contributed by atoms with Crippen LogP contribution in [0, 0.1) is 6.92 Å². The molecule has 1 N–H and O–H groups in total. The van der Waals surface area contributed by atoms with Crippen LogP contribution in [0.15, 0.2) is 30.2 Å². The highest BCUT2D eigenvalue weighted by Gasteiger charge is 2.14. The van der Waals surface area contributed by atoms with Crippen LogP contribution in [0.5, 0.6) is 0 Å². The Kier molecular flexibility index (Phi) is 4.84. The van der Waals surface area contributed by atoms with Crippen LogP contribution in [0.3, 0.4) is 0 Å². The molecule has 4 heteroatoms. The third-order valence-corrected chi connectivity index (χ3v) is 3.77. The molecule has 0 spiro atoms. The third-order valence-electron chi connectivity index (χ3n) is 2.97. The van der Waals surface area contributed by atoms with Gasteiger partial charge in [0.05, 0.1) is 5.51 Å². The lowest BCUT2D eigenvalue weighted by Gasteiger charge is -2.19. The molecule has 1 atom stereocenters. The summed E-state index contributed by atoms with van der Waals surface area (Å²) in [6.45, 7) is 5.34. The van der Waals surface area contributed by atoms with Crippen LogP contribution in [0.1, 0.15) is 35.4 Å². The number of rotatable bonds is 6. The normalized spacial score (nSPS) is 12.6. The number of nitrogens with zero attached hydrogens (tertiary/aromatic N) is 2. The molecule has 0 amide bonds. The second-order valence-corrected chi connectivity index (χ2v) is 5.38. The van der Waals surface area contributed by atoms with Crippen molar-refractivity contribution >= 4 is 11.3 Å². The van der Waals surface area contributed by atoms with Crippen LogP contribution in [0.2, 0.25) is 0 Å². The molecular formula is C14H19N3S. The number of pyridine rings is 1. The monoisotopic (exact) mass is 261 g/mol. The van der Waals surface area contributed by atoms with Gasteiger partial charge in [-0.05, 0) is 37.1 Å². The van der Waals surface area contributed by atoms with Crippen molar-refractivity contribution in [3.8, 4) is 0 Å². The van der Waals surface area contributed by atoms with E-state index in [0.717, 1.165) is 19.4 Å². The summed E-state index contributed by atoms with van der Waals surface area (Å²) in [6.07, 6.45) is 7.90. The van der Waals surface area contributed by atoms with Gasteiger partial charge in [0, 0.05) is 35.9 Å². The summed E-state index contributed by atoms with van der Waals surface area (Å²) in [6, 6.07) is 2.47. The van der Waals surface area contributed by atoms with Gasteiger partial charge < -0.3 is 5.32 Å². The fourth-order valence-electron chi connectivity index (χ4n) is 2.03. The molecule has 2 rings (SSSR count). The molecule has 18 heavy (non-hydrogen) atoms. The maximum atomic E-state index is 4.17. The Balaban J connectivity index is 2.16. The van der Waals surface area contributed by atoms with Gasteiger partial charge in [-0.3, -0.25) is 9.97 Å². The number of hydrogen-bond donors (Lipinski definition) is 1. The molecule has 0 fully saturated rings. The lowest BCUT2D eigenvalue weighted by molar-refractivity contribution is 0.529. The largest absolute Gasteiger partial charge is 0.310 e. The van der Waals surface area contributed by atoms with Crippen LogP contribution >= 0.6 is 11.3 Å². The molecule has 0 aliphatic heterocycles. The summed E-state index contributed by atoms with van der Waals surface area (Å²) in [5.74, 6) is 0. The highest BCUT2D eigenvalue weighted by atomic mass is 32.1. The van der Waals surface area contributed by atoms with Crippen LogP contribution < -0.4 is 5.32 Å². The van der Waals surface area contributed by atoms with Crippen molar-refractivity contribution in [2.45, 2.75) is 32.7 Å². The maximum Gasteiger partial charge on any atom is 0.0794 e. The Morgan fingerprint density at radius 1 is 1.33 bits per heavy atom. The molecule has 0 bridgehead atoms. The van der Waals surface area contributed by atoms with Crippen LogP contribution in [0.25, 0.3) is 0 Å². The Morgan fingerprint density at radius 2 is 2.22 bits per heavy atom. The van der Waals surface area contributed by atoms with E-state index in [9.17, 15) is 0 Å². The molecular weight excluding hydrogens is 242 g/mol. The summed E-state index contributed by atoms with van der Waals surface area (Å²) >= 11 is 1.72. The van der Waals surface area contributed by atoms with Crippen molar-refractivity contribution in [2.24, 2.45) is 0 Å². The first-order valence-electron chi connectivity index (χ1n) is 6.32. The highest BCUT2D eigenvalue weighted by Crippen LogP contribution is 2.22. The second kappa shape index (κ2) is 6.61. The van der Waals surface area contributed by atoms with E-state index in [-0.39, 0.29) is 0 Å². The summed E-state index contributed by atoms with van der Waals surface area (Å²) in [4.78, 5) is 9.64. The van der Waals surface area contributed by atoms with E-state index in [4.69, 9.17) is 0 Å². The minimum absolute atomic E-state index is 0.355. The predicted molar refractivity (Wildman–Crippen MR) is 75.8 cm³/mol. The van der Waals surface area contributed by atoms with Crippen molar-refractivity contribution < 1.29 is 0 Å². The lowest BCUT2D eigenvalue weighted by atomic mass is 10.00. The predicted octanol–water partition coefficient (Wildman–Crippen LogP) is 3.13. The van der Waals surface area contributed by atoms with E-state index >= 15 is 0 Å². The molecule has 0 saturated carbocycles. The van der Waals surface area contributed by atoms with Gasteiger partial charge in [0.1, 0.15) is 0 Å². The summed E-state index contributed by atoms with van der Waals surface area (Å²) in [7, 11) is 0. The quantitative estimate of drug-likeness (QED) is 0.868. The number of aryl methyl sites for hydroxylation is 1. The van der Waals surface area contributed by atoms with Gasteiger partial charge in [-0.2, -0.15) is 0 Å². The minimum Gasteiger partial charge on any atom is -0.310 e. The number of aromatic nitrogens is 2. The molecule has 1 unspecified atom stereocenters. The number of thiazole rings is 1. The van der Waals surface area contributed by atoms with E-state index in [1.54, 1.807) is 11.3 Å². The maximum absolute atomic E-state index is 4.17. The van der Waals surface area contributed by atoms with Crippen LogP contribution in [-0.4, -0.2) is 16.5 Å². The molecule has 2 aromatic rings. The second-order valence-electron chi connectivity index (χ2n) is 4.41. The lowest BCUT2D eigenvalue weighted by Crippen LogP contribution is -2.24. The third kappa shape index (κ3) is 3.37. The van der Waals surface area contributed by atoms with Crippen molar-refractivity contribution in [3.63, 3.8) is 0 Å². The van der Waals surface area contributed by atoms with Gasteiger partial charge in [0.15, 0.2) is 0 Å². The van der Waals surface area contributed by atoms with Crippen LogP contribution in [0.4, 0.5) is 0 Å². The fourth-order valence-corrected chi connectivity index (χ4v) is 2.67. The zero-order valence-corrected chi connectivity index (χ0v) is 11.7. The first kappa shape index (κ1) is 13.2. The summed E-state index contributed by atoms with van der Waals surface area (Å²) < 4.78 is 0. The van der Waals surface area contributed by atoms with E-state index in [2.05, 4.69) is 35.2 Å². The van der Waals surface area contributed by atoms with Gasteiger partial charge in [0.25, 0.3) is 0 Å². The molecule has 2 heterocycles.